The van der Waals surface area contributed by atoms with Crippen LogP contribution in [0.3, 0.4) is 0 Å². The molecule has 1 N–H and O–H groups in total. The highest BCUT2D eigenvalue weighted by Gasteiger charge is 2.34. The van der Waals surface area contributed by atoms with Gasteiger partial charge in [-0.2, -0.15) is 13.2 Å². The SMILES string of the molecule is CCCCCCCCCCNc1c(F)cccc1C(F)(F)F. The van der Waals surface area contributed by atoms with Crippen molar-refractivity contribution in [3.63, 3.8) is 0 Å². The van der Waals surface area contributed by atoms with Crippen LogP contribution in [0.1, 0.15) is 63.9 Å². The van der Waals surface area contributed by atoms with Crippen LogP contribution in [-0.4, -0.2) is 6.54 Å². The molecule has 0 saturated heterocycles. The summed E-state index contributed by atoms with van der Waals surface area (Å²) in [5.41, 5.74) is -1.37. The topological polar surface area (TPSA) is 12.0 Å². The van der Waals surface area contributed by atoms with Gasteiger partial charge in [-0.1, -0.05) is 57.9 Å². The Morgan fingerprint density at radius 2 is 1.50 bits per heavy atom. The molecule has 1 aromatic rings. The lowest BCUT2D eigenvalue weighted by Gasteiger charge is -2.15. The molecule has 1 aromatic carbocycles. The number of hydrogen-bond donors (Lipinski definition) is 1. The van der Waals surface area contributed by atoms with Crippen molar-refractivity contribution < 1.29 is 17.6 Å². The van der Waals surface area contributed by atoms with Gasteiger partial charge in [0.2, 0.25) is 0 Å². The molecule has 0 saturated carbocycles. The third kappa shape index (κ3) is 6.67. The van der Waals surface area contributed by atoms with Crippen molar-refractivity contribution in [2.24, 2.45) is 0 Å². The van der Waals surface area contributed by atoms with Crippen LogP contribution < -0.4 is 5.32 Å². The first-order chi connectivity index (χ1) is 10.5. The van der Waals surface area contributed by atoms with Crippen molar-refractivity contribution >= 4 is 5.69 Å². The van der Waals surface area contributed by atoms with Gasteiger partial charge in [0.15, 0.2) is 0 Å². The number of halogens is 4. The van der Waals surface area contributed by atoms with E-state index in [1.54, 1.807) is 0 Å². The molecule has 0 aliphatic rings. The lowest BCUT2D eigenvalue weighted by molar-refractivity contribution is -0.137. The Hall–Kier alpha value is -1.26. The van der Waals surface area contributed by atoms with Gasteiger partial charge in [0.1, 0.15) is 5.82 Å². The molecule has 1 rings (SSSR count). The fraction of sp³-hybridized carbons (Fsp3) is 0.647. The van der Waals surface area contributed by atoms with E-state index in [9.17, 15) is 17.6 Å². The Bertz CT molecular complexity index is 429. The van der Waals surface area contributed by atoms with Crippen molar-refractivity contribution in [2.75, 3.05) is 11.9 Å². The molecule has 0 radical (unpaired) electrons. The zero-order valence-electron chi connectivity index (χ0n) is 13.1. The van der Waals surface area contributed by atoms with Gasteiger partial charge in [-0.05, 0) is 18.6 Å². The maximum Gasteiger partial charge on any atom is 0.418 e. The lowest BCUT2D eigenvalue weighted by atomic mass is 10.1. The van der Waals surface area contributed by atoms with E-state index in [2.05, 4.69) is 12.2 Å². The smallest absolute Gasteiger partial charge is 0.382 e. The molecule has 0 atom stereocenters. The van der Waals surface area contributed by atoms with Crippen molar-refractivity contribution in [2.45, 2.75) is 64.5 Å². The Morgan fingerprint density at radius 1 is 0.909 bits per heavy atom. The molecular formula is C17H25F4N. The predicted molar refractivity (Wildman–Crippen MR) is 82.5 cm³/mol. The second-order valence-corrected chi connectivity index (χ2v) is 5.56. The van der Waals surface area contributed by atoms with Crippen molar-refractivity contribution in [1.82, 2.24) is 0 Å². The van der Waals surface area contributed by atoms with E-state index >= 15 is 0 Å². The second-order valence-electron chi connectivity index (χ2n) is 5.56. The van der Waals surface area contributed by atoms with Gasteiger partial charge in [-0.25, -0.2) is 4.39 Å². The average molecular weight is 319 g/mol. The van der Waals surface area contributed by atoms with E-state index in [0.717, 1.165) is 43.9 Å². The fourth-order valence-corrected chi connectivity index (χ4v) is 2.41. The second kappa shape index (κ2) is 9.70. The summed E-state index contributed by atoms with van der Waals surface area (Å²) in [5, 5.41) is 2.60. The summed E-state index contributed by atoms with van der Waals surface area (Å²) < 4.78 is 52.0. The molecule has 0 fully saturated rings. The first-order valence-electron chi connectivity index (χ1n) is 8.06. The molecular weight excluding hydrogens is 294 g/mol. The van der Waals surface area contributed by atoms with Gasteiger partial charge in [0.05, 0.1) is 11.3 Å². The normalized spacial score (nSPS) is 11.7. The zero-order valence-corrected chi connectivity index (χ0v) is 13.1. The van der Waals surface area contributed by atoms with Gasteiger partial charge >= 0.3 is 6.18 Å². The molecule has 0 spiro atoms. The monoisotopic (exact) mass is 319 g/mol. The van der Waals surface area contributed by atoms with Gasteiger partial charge in [0.25, 0.3) is 0 Å². The number of nitrogens with one attached hydrogen (secondary N) is 1. The summed E-state index contributed by atoms with van der Waals surface area (Å²) >= 11 is 0. The van der Waals surface area contributed by atoms with Crippen LogP contribution in [0, 0.1) is 5.82 Å². The quantitative estimate of drug-likeness (QED) is 0.389. The van der Waals surface area contributed by atoms with E-state index in [0.29, 0.717) is 6.54 Å². The van der Waals surface area contributed by atoms with Gasteiger partial charge in [-0.3, -0.25) is 0 Å². The number of para-hydroxylation sites is 1. The van der Waals surface area contributed by atoms with Crippen LogP contribution in [-0.2, 0) is 6.18 Å². The maximum absolute atomic E-state index is 13.6. The van der Waals surface area contributed by atoms with E-state index in [1.807, 2.05) is 0 Å². The highest BCUT2D eigenvalue weighted by molar-refractivity contribution is 5.53. The highest BCUT2D eigenvalue weighted by Crippen LogP contribution is 2.36. The van der Waals surface area contributed by atoms with Crippen molar-refractivity contribution in [3.8, 4) is 0 Å². The van der Waals surface area contributed by atoms with E-state index in [4.69, 9.17) is 0 Å². The van der Waals surface area contributed by atoms with Crippen LogP contribution in [0.25, 0.3) is 0 Å². The number of rotatable bonds is 10. The molecule has 1 nitrogen and oxygen atoms in total. The van der Waals surface area contributed by atoms with Gasteiger partial charge in [-0.15, -0.1) is 0 Å². The summed E-state index contributed by atoms with van der Waals surface area (Å²) in [6.07, 6.45) is 4.34. The number of hydrogen-bond acceptors (Lipinski definition) is 1. The Kier molecular flexibility index (Phi) is 8.28. The Morgan fingerprint density at radius 3 is 2.09 bits per heavy atom. The molecule has 126 valence electrons. The summed E-state index contributed by atoms with van der Waals surface area (Å²) in [4.78, 5) is 0. The Balaban J connectivity index is 2.31. The lowest BCUT2D eigenvalue weighted by Crippen LogP contribution is -2.13. The molecule has 0 aromatic heterocycles. The standard InChI is InChI=1S/C17H25F4N/c1-2-3-4-5-6-7-8-9-13-22-16-14(17(19,20)21)11-10-12-15(16)18/h10-12,22H,2-9,13H2,1H3. The van der Waals surface area contributed by atoms with Crippen LogP contribution in [0.15, 0.2) is 18.2 Å². The van der Waals surface area contributed by atoms with E-state index in [1.165, 1.54) is 25.7 Å². The first-order valence-corrected chi connectivity index (χ1v) is 8.06. The number of unbranched alkanes of at least 4 members (excludes halogenated alkanes) is 7. The van der Waals surface area contributed by atoms with Crippen LogP contribution in [0.2, 0.25) is 0 Å². The molecule has 0 aliphatic heterocycles. The number of anilines is 1. The predicted octanol–water partition coefficient (Wildman–Crippen LogP) is 6.40. The van der Waals surface area contributed by atoms with Crippen LogP contribution in [0.5, 0.6) is 0 Å². The molecule has 0 amide bonds. The molecule has 5 heteroatoms. The zero-order chi connectivity index (χ0) is 16.4. The summed E-state index contributed by atoms with van der Waals surface area (Å²) in [5.74, 6) is -0.852. The third-order valence-electron chi connectivity index (χ3n) is 3.65. The van der Waals surface area contributed by atoms with Gasteiger partial charge in [0, 0.05) is 6.54 Å². The van der Waals surface area contributed by atoms with Crippen molar-refractivity contribution in [3.05, 3.63) is 29.6 Å². The van der Waals surface area contributed by atoms with Crippen LogP contribution in [0.4, 0.5) is 23.2 Å². The minimum atomic E-state index is -4.54. The molecule has 0 unspecified atom stereocenters. The van der Waals surface area contributed by atoms with Crippen LogP contribution >= 0.6 is 0 Å². The van der Waals surface area contributed by atoms with E-state index in [-0.39, 0.29) is 0 Å². The summed E-state index contributed by atoms with van der Waals surface area (Å²) in [6.45, 7) is 2.53. The molecule has 0 bridgehead atoms. The summed E-state index contributed by atoms with van der Waals surface area (Å²) in [7, 11) is 0. The average Bonchev–Trinajstić information content (AvgIpc) is 2.45. The minimum Gasteiger partial charge on any atom is -0.382 e. The Labute approximate surface area is 130 Å². The highest BCUT2D eigenvalue weighted by atomic mass is 19.4. The molecule has 22 heavy (non-hydrogen) atoms. The van der Waals surface area contributed by atoms with E-state index < -0.39 is 23.2 Å². The summed E-state index contributed by atoms with van der Waals surface area (Å²) in [6, 6.07) is 3.03. The third-order valence-corrected chi connectivity index (χ3v) is 3.65. The molecule has 0 aliphatic carbocycles. The number of alkyl halides is 3. The maximum atomic E-state index is 13.6. The van der Waals surface area contributed by atoms with Gasteiger partial charge < -0.3 is 5.32 Å². The number of benzene rings is 1. The minimum absolute atomic E-state index is 0.360. The molecule has 0 heterocycles. The first kappa shape index (κ1) is 18.8. The van der Waals surface area contributed by atoms with Crippen molar-refractivity contribution in [1.29, 1.82) is 0 Å². The largest absolute Gasteiger partial charge is 0.418 e. The fourth-order valence-electron chi connectivity index (χ4n) is 2.41.